The SMILES string of the molecule is NCCCC(=O)OC(=O)CCC(=O)C(=O)OC(=O)CCCN. The van der Waals surface area contributed by atoms with E-state index in [2.05, 4.69) is 9.47 Å². The first kappa shape index (κ1) is 19.9. The molecule has 0 aliphatic heterocycles. The van der Waals surface area contributed by atoms with Crippen LogP contribution in [0.15, 0.2) is 0 Å². The first-order chi connectivity index (χ1) is 10.4. The lowest BCUT2D eigenvalue weighted by Crippen LogP contribution is -2.23. The van der Waals surface area contributed by atoms with Gasteiger partial charge in [-0.15, -0.1) is 0 Å². The number of ether oxygens (including phenoxy) is 2. The van der Waals surface area contributed by atoms with Gasteiger partial charge in [-0.2, -0.15) is 0 Å². The highest BCUT2D eigenvalue weighted by Gasteiger charge is 2.21. The van der Waals surface area contributed by atoms with Crippen LogP contribution in [0, 0.1) is 0 Å². The molecule has 0 unspecified atom stereocenters. The van der Waals surface area contributed by atoms with Gasteiger partial charge in [0.15, 0.2) is 0 Å². The van der Waals surface area contributed by atoms with E-state index in [0.29, 0.717) is 12.8 Å². The lowest BCUT2D eigenvalue weighted by atomic mass is 10.2. The first-order valence-corrected chi connectivity index (χ1v) is 6.82. The molecule has 0 heterocycles. The van der Waals surface area contributed by atoms with E-state index in [9.17, 15) is 24.0 Å². The lowest BCUT2D eigenvalue weighted by molar-refractivity contribution is -0.164. The molecule has 9 nitrogen and oxygen atoms in total. The van der Waals surface area contributed by atoms with Crippen molar-refractivity contribution in [2.75, 3.05) is 13.1 Å². The minimum absolute atomic E-state index is 0.00608. The molecule has 0 atom stereocenters. The molecule has 0 spiro atoms. The van der Waals surface area contributed by atoms with Crippen LogP contribution in [0.2, 0.25) is 0 Å². The summed E-state index contributed by atoms with van der Waals surface area (Å²) >= 11 is 0. The molecule has 0 bridgehead atoms. The van der Waals surface area contributed by atoms with E-state index in [4.69, 9.17) is 11.5 Å². The Bertz CT molecular complexity index is 434. The predicted molar refractivity (Wildman–Crippen MR) is 73.0 cm³/mol. The van der Waals surface area contributed by atoms with E-state index in [1.54, 1.807) is 0 Å². The van der Waals surface area contributed by atoms with Crippen LogP contribution in [-0.2, 0) is 33.4 Å². The van der Waals surface area contributed by atoms with Crippen molar-refractivity contribution < 1.29 is 33.4 Å². The van der Waals surface area contributed by atoms with Gasteiger partial charge in [0.25, 0.3) is 0 Å². The summed E-state index contributed by atoms with van der Waals surface area (Å²) in [5.41, 5.74) is 10.4. The lowest BCUT2D eigenvalue weighted by Gasteiger charge is -2.03. The first-order valence-electron chi connectivity index (χ1n) is 6.82. The van der Waals surface area contributed by atoms with Crippen LogP contribution in [0.4, 0.5) is 0 Å². The molecule has 0 fully saturated rings. The average Bonchev–Trinajstić information content (AvgIpc) is 2.48. The third-order valence-electron chi connectivity index (χ3n) is 2.39. The summed E-state index contributed by atoms with van der Waals surface area (Å²) in [4.78, 5) is 56.0. The smallest absolute Gasteiger partial charge is 0.382 e. The van der Waals surface area contributed by atoms with E-state index >= 15 is 0 Å². The van der Waals surface area contributed by atoms with Gasteiger partial charge in [-0.25, -0.2) is 4.79 Å². The Balaban J connectivity index is 4.01. The highest BCUT2D eigenvalue weighted by Crippen LogP contribution is 2.00. The zero-order chi connectivity index (χ0) is 17.0. The maximum atomic E-state index is 11.4. The number of nitrogens with two attached hydrogens (primary N) is 2. The van der Waals surface area contributed by atoms with Crippen molar-refractivity contribution in [2.24, 2.45) is 11.5 Å². The van der Waals surface area contributed by atoms with Gasteiger partial charge in [0.2, 0.25) is 5.78 Å². The van der Waals surface area contributed by atoms with Gasteiger partial charge in [-0.1, -0.05) is 0 Å². The van der Waals surface area contributed by atoms with Crippen molar-refractivity contribution >= 4 is 29.7 Å². The number of carbonyl (C=O) groups excluding carboxylic acids is 5. The van der Waals surface area contributed by atoms with E-state index < -0.39 is 42.5 Å². The second-order valence-corrected chi connectivity index (χ2v) is 4.32. The maximum Gasteiger partial charge on any atom is 0.382 e. The largest absolute Gasteiger partial charge is 0.393 e. The van der Waals surface area contributed by atoms with Crippen LogP contribution in [0.3, 0.4) is 0 Å². The molecule has 22 heavy (non-hydrogen) atoms. The van der Waals surface area contributed by atoms with Gasteiger partial charge in [-0.05, 0) is 25.9 Å². The Kier molecular flexibility index (Phi) is 10.4. The molecule has 0 radical (unpaired) electrons. The quantitative estimate of drug-likeness (QED) is 0.291. The summed E-state index contributed by atoms with van der Waals surface area (Å²) in [5.74, 6) is -4.93. The number of ketones is 1. The van der Waals surface area contributed by atoms with Gasteiger partial charge in [0, 0.05) is 19.3 Å². The van der Waals surface area contributed by atoms with Gasteiger partial charge >= 0.3 is 23.9 Å². The Morgan fingerprint density at radius 3 is 1.59 bits per heavy atom. The predicted octanol–water partition coefficient (Wildman–Crippen LogP) is -1.05. The number of carbonyl (C=O) groups is 5. The Hall–Kier alpha value is -2.13. The molecule has 124 valence electrons. The number of rotatable bonds is 10. The maximum absolute atomic E-state index is 11.4. The van der Waals surface area contributed by atoms with E-state index in [0.717, 1.165) is 0 Å². The third kappa shape index (κ3) is 9.72. The Morgan fingerprint density at radius 1 is 0.636 bits per heavy atom. The van der Waals surface area contributed by atoms with Crippen molar-refractivity contribution in [1.29, 1.82) is 0 Å². The van der Waals surface area contributed by atoms with Crippen LogP contribution in [0.1, 0.15) is 38.5 Å². The topological polar surface area (TPSA) is 156 Å². The normalized spacial score (nSPS) is 9.91. The zero-order valence-electron chi connectivity index (χ0n) is 12.2. The average molecular weight is 316 g/mol. The van der Waals surface area contributed by atoms with Crippen LogP contribution in [0.25, 0.3) is 0 Å². The van der Waals surface area contributed by atoms with Crippen LogP contribution in [-0.4, -0.2) is 42.7 Å². The molecule has 0 saturated heterocycles. The number of esters is 4. The van der Waals surface area contributed by atoms with E-state index in [1.165, 1.54) is 0 Å². The summed E-state index contributed by atoms with van der Waals surface area (Å²) in [6.07, 6.45) is -0.341. The summed E-state index contributed by atoms with van der Waals surface area (Å²) in [5, 5.41) is 0. The molecule has 4 N–H and O–H groups in total. The van der Waals surface area contributed by atoms with Crippen LogP contribution in [0.5, 0.6) is 0 Å². The molecular formula is C13H20N2O7. The fraction of sp³-hybridized carbons (Fsp3) is 0.615. The fourth-order valence-electron chi connectivity index (χ4n) is 1.25. The van der Waals surface area contributed by atoms with E-state index in [-0.39, 0.29) is 25.9 Å². The molecule has 0 aromatic rings. The molecule has 0 saturated carbocycles. The molecule has 9 heteroatoms. The van der Waals surface area contributed by atoms with Crippen LogP contribution < -0.4 is 11.5 Å². The van der Waals surface area contributed by atoms with Crippen LogP contribution >= 0.6 is 0 Å². The molecule has 0 rings (SSSR count). The minimum Gasteiger partial charge on any atom is -0.393 e. The standard InChI is InChI=1S/C13H20N2O7/c14-7-1-3-10(17)21-12(19)6-5-9(16)13(20)22-11(18)4-2-8-15/h1-8,14-15H2. The molecule has 0 aromatic heterocycles. The summed E-state index contributed by atoms with van der Waals surface area (Å²) < 4.78 is 8.66. The Morgan fingerprint density at radius 2 is 1.09 bits per heavy atom. The van der Waals surface area contributed by atoms with Gasteiger partial charge in [0.05, 0.1) is 6.42 Å². The highest BCUT2D eigenvalue weighted by atomic mass is 16.6. The summed E-state index contributed by atoms with van der Waals surface area (Å²) in [6, 6.07) is 0. The van der Waals surface area contributed by atoms with Crippen molar-refractivity contribution in [3.63, 3.8) is 0 Å². The van der Waals surface area contributed by atoms with Crippen molar-refractivity contribution in [3.05, 3.63) is 0 Å². The molecule has 0 aliphatic rings. The number of hydrogen-bond acceptors (Lipinski definition) is 9. The van der Waals surface area contributed by atoms with Crippen molar-refractivity contribution in [2.45, 2.75) is 38.5 Å². The summed E-state index contributed by atoms with van der Waals surface area (Å²) in [6.45, 7) is 0.535. The molecule has 0 amide bonds. The number of Topliss-reactive ketones (excluding diaryl/α,β-unsaturated/α-hetero) is 1. The van der Waals surface area contributed by atoms with Gasteiger partial charge in [0.1, 0.15) is 0 Å². The third-order valence-corrected chi connectivity index (χ3v) is 2.39. The van der Waals surface area contributed by atoms with Crippen molar-refractivity contribution in [3.8, 4) is 0 Å². The van der Waals surface area contributed by atoms with E-state index in [1.807, 2.05) is 0 Å². The van der Waals surface area contributed by atoms with Gasteiger partial charge in [-0.3, -0.25) is 19.2 Å². The molecule has 0 aliphatic carbocycles. The summed E-state index contributed by atoms with van der Waals surface area (Å²) in [7, 11) is 0. The molecule has 0 aromatic carbocycles. The second kappa shape index (κ2) is 11.5. The van der Waals surface area contributed by atoms with Crippen molar-refractivity contribution in [1.82, 2.24) is 0 Å². The van der Waals surface area contributed by atoms with Gasteiger partial charge < -0.3 is 20.9 Å². The fourth-order valence-corrected chi connectivity index (χ4v) is 1.25. The second-order valence-electron chi connectivity index (χ2n) is 4.32. The molecular weight excluding hydrogens is 296 g/mol. The monoisotopic (exact) mass is 316 g/mol. The Labute approximate surface area is 127 Å². The number of hydrogen-bond donors (Lipinski definition) is 2. The zero-order valence-corrected chi connectivity index (χ0v) is 12.2. The highest BCUT2D eigenvalue weighted by molar-refractivity contribution is 6.35. The minimum atomic E-state index is -1.34.